The number of rotatable bonds is 7. The largest absolute Gasteiger partial charge is 0.491 e. The number of hydrogen-bond acceptors (Lipinski definition) is 2. The molecule has 1 unspecified atom stereocenters. The van der Waals surface area contributed by atoms with Crippen molar-refractivity contribution in [2.75, 3.05) is 13.2 Å². The predicted octanol–water partition coefficient (Wildman–Crippen LogP) is 4.07. The van der Waals surface area contributed by atoms with Gasteiger partial charge >= 0.3 is 0 Å². The van der Waals surface area contributed by atoms with Gasteiger partial charge in [0.1, 0.15) is 0 Å². The molecule has 1 aliphatic rings. The summed E-state index contributed by atoms with van der Waals surface area (Å²) in [7, 11) is 0. The minimum absolute atomic E-state index is 0.170. The second-order valence-corrected chi connectivity index (χ2v) is 5.40. The Kier molecular flexibility index (Phi) is 5.20. The fraction of sp³-hybridized carbons (Fsp3) is 0.625. The van der Waals surface area contributed by atoms with Crippen LogP contribution in [0.5, 0.6) is 5.75 Å². The van der Waals surface area contributed by atoms with Gasteiger partial charge in [0.25, 0.3) is 0 Å². The third-order valence-corrected chi connectivity index (χ3v) is 3.97. The van der Waals surface area contributed by atoms with E-state index in [-0.39, 0.29) is 11.9 Å². The number of benzene rings is 1. The van der Waals surface area contributed by atoms with Crippen molar-refractivity contribution in [1.29, 1.82) is 0 Å². The standard InChI is InChI=1S/C16H24FNO/c1-3-18-12(2)14-7-8-16(15(17)11-14)19-10-9-13-5-4-6-13/h7-8,11-13,18H,3-6,9-10H2,1-2H3. The molecule has 1 fully saturated rings. The maximum absolute atomic E-state index is 13.9. The zero-order valence-electron chi connectivity index (χ0n) is 11.9. The average molecular weight is 265 g/mol. The van der Waals surface area contributed by atoms with Gasteiger partial charge in [0.2, 0.25) is 0 Å². The molecule has 0 aliphatic heterocycles. The minimum Gasteiger partial charge on any atom is -0.491 e. The first-order chi connectivity index (χ1) is 9.20. The Morgan fingerprint density at radius 3 is 2.79 bits per heavy atom. The Hall–Kier alpha value is -1.09. The van der Waals surface area contributed by atoms with E-state index in [2.05, 4.69) is 5.32 Å². The highest BCUT2D eigenvalue weighted by atomic mass is 19.1. The van der Waals surface area contributed by atoms with E-state index in [0.29, 0.717) is 12.4 Å². The van der Waals surface area contributed by atoms with Gasteiger partial charge in [-0.3, -0.25) is 0 Å². The highest BCUT2D eigenvalue weighted by molar-refractivity contribution is 5.30. The summed E-state index contributed by atoms with van der Waals surface area (Å²) in [5.41, 5.74) is 0.964. The van der Waals surface area contributed by atoms with E-state index in [1.165, 1.54) is 19.3 Å². The van der Waals surface area contributed by atoms with Crippen molar-refractivity contribution in [3.8, 4) is 5.75 Å². The minimum atomic E-state index is -0.254. The Bertz CT molecular complexity index is 404. The fourth-order valence-corrected chi connectivity index (χ4v) is 2.44. The summed E-state index contributed by atoms with van der Waals surface area (Å²) in [6.07, 6.45) is 5.01. The van der Waals surface area contributed by atoms with Gasteiger partial charge in [0, 0.05) is 6.04 Å². The number of halogens is 1. The predicted molar refractivity (Wildman–Crippen MR) is 75.9 cm³/mol. The lowest BCUT2D eigenvalue weighted by Gasteiger charge is -2.25. The van der Waals surface area contributed by atoms with E-state index in [1.54, 1.807) is 12.1 Å². The van der Waals surface area contributed by atoms with E-state index in [9.17, 15) is 4.39 Å². The van der Waals surface area contributed by atoms with Gasteiger partial charge in [-0.05, 0) is 43.5 Å². The molecule has 1 aliphatic carbocycles. The van der Waals surface area contributed by atoms with Crippen LogP contribution in [0.4, 0.5) is 4.39 Å². The molecule has 0 amide bonds. The highest BCUT2D eigenvalue weighted by Crippen LogP contribution is 2.29. The molecule has 1 atom stereocenters. The van der Waals surface area contributed by atoms with Crippen LogP contribution in [0.15, 0.2) is 18.2 Å². The zero-order valence-corrected chi connectivity index (χ0v) is 11.9. The van der Waals surface area contributed by atoms with Gasteiger partial charge in [-0.1, -0.05) is 32.3 Å². The number of ether oxygens (including phenoxy) is 1. The van der Waals surface area contributed by atoms with Crippen molar-refractivity contribution in [2.24, 2.45) is 5.92 Å². The Morgan fingerprint density at radius 1 is 1.42 bits per heavy atom. The summed E-state index contributed by atoms with van der Waals surface area (Å²) in [4.78, 5) is 0. The van der Waals surface area contributed by atoms with Crippen molar-refractivity contribution in [3.63, 3.8) is 0 Å². The van der Waals surface area contributed by atoms with Crippen LogP contribution in [0.3, 0.4) is 0 Å². The van der Waals surface area contributed by atoms with Crippen LogP contribution in [0.25, 0.3) is 0 Å². The van der Waals surface area contributed by atoms with Crippen LogP contribution in [0.1, 0.15) is 51.1 Å². The third kappa shape index (κ3) is 3.93. The molecule has 0 radical (unpaired) electrons. The molecular weight excluding hydrogens is 241 g/mol. The molecule has 1 aromatic rings. The fourth-order valence-electron chi connectivity index (χ4n) is 2.44. The van der Waals surface area contributed by atoms with Crippen molar-refractivity contribution in [1.82, 2.24) is 5.32 Å². The van der Waals surface area contributed by atoms with Gasteiger partial charge in [0.15, 0.2) is 11.6 Å². The van der Waals surface area contributed by atoms with Crippen molar-refractivity contribution in [2.45, 2.75) is 45.6 Å². The monoisotopic (exact) mass is 265 g/mol. The lowest BCUT2D eigenvalue weighted by molar-refractivity contribution is 0.216. The van der Waals surface area contributed by atoms with Crippen molar-refractivity contribution >= 4 is 0 Å². The summed E-state index contributed by atoms with van der Waals surface area (Å²) in [6, 6.07) is 5.43. The lowest BCUT2D eigenvalue weighted by Crippen LogP contribution is -2.18. The van der Waals surface area contributed by atoms with Crippen LogP contribution in [-0.4, -0.2) is 13.2 Å². The molecule has 1 N–H and O–H groups in total. The van der Waals surface area contributed by atoms with E-state index in [0.717, 1.165) is 24.4 Å². The Morgan fingerprint density at radius 2 is 2.21 bits per heavy atom. The summed E-state index contributed by atoms with van der Waals surface area (Å²) < 4.78 is 19.5. The van der Waals surface area contributed by atoms with Crippen LogP contribution in [-0.2, 0) is 0 Å². The average Bonchev–Trinajstić information content (AvgIpc) is 2.34. The third-order valence-electron chi connectivity index (χ3n) is 3.97. The maximum Gasteiger partial charge on any atom is 0.165 e. The van der Waals surface area contributed by atoms with Gasteiger partial charge in [-0.2, -0.15) is 0 Å². The van der Waals surface area contributed by atoms with E-state index in [1.807, 2.05) is 19.9 Å². The Balaban J connectivity index is 1.86. The van der Waals surface area contributed by atoms with Crippen molar-refractivity contribution in [3.05, 3.63) is 29.6 Å². The van der Waals surface area contributed by atoms with E-state index >= 15 is 0 Å². The van der Waals surface area contributed by atoms with E-state index < -0.39 is 0 Å². The van der Waals surface area contributed by atoms with Crippen LogP contribution in [0.2, 0.25) is 0 Å². The summed E-state index contributed by atoms with van der Waals surface area (Å²) in [6.45, 7) is 5.59. The van der Waals surface area contributed by atoms with Gasteiger partial charge in [-0.15, -0.1) is 0 Å². The molecule has 0 aromatic heterocycles. The molecule has 2 nitrogen and oxygen atoms in total. The van der Waals surface area contributed by atoms with Crippen LogP contribution < -0.4 is 10.1 Å². The molecular formula is C16H24FNO. The molecule has 0 heterocycles. The quantitative estimate of drug-likeness (QED) is 0.802. The smallest absolute Gasteiger partial charge is 0.165 e. The van der Waals surface area contributed by atoms with Gasteiger partial charge in [-0.25, -0.2) is 4.39 Å². The topological polar surface area (TPSA) is 21.3 Å². The SMILES string of the molecule is CCNC(C)c1ccc(OCCC2CCC2)c(F)c1. The van der Waals surface area contributed by atoms with E-state index in [4.69, 9.17) is 4.74 Å². The van der Waals surface area contributed by atoms with Gasteiger partial charge < -0.3 is 10.1 Å². The molecule has 0 saturated heterocycles. The molecule has 2 rings (SSSR count). The van der Waals surface area contributed by atoms with Crippen LogP contribution in [0, 0.1) is 11.7 Å². The Labute approximate surface area is 115 Å². The molecule has 106 valence electrons. The number of hydrogen-bond donors (Lipinski definition) is 1. The van der Waals surface area contributed by atoms with Crippen molar-refractivity contribution < 1.29 is 9.13 Å². The second-order valence-electron chi connectivity index (χ2n) is 5.40. The summed E-state index contributed by atoms with van der Waals surface area (Å²) >= 11 is 0. The highest BCUT2D eigenvalue weighted by Gasteiger charge is 2.17. The first-order valence-electron chi connectivity index (χ1n) is 7.36. The van der Waals surface area contributed by atoms with Gasteiger partial charge in [0.05, 0.1) is 6.61 Å². The molecule has 1 saturated carbocycles. The molecule has 1 aromatic carbocycles. The number of nitrogens with one attached hydrogen (secondary N) is 1. The second kappa shape index (κ2) is 6.90. The maximum atomic E-state index is 13.9. The van der Waals surface area contributed by atoms with Crippen LogP contribution >= 0.6 is 0 Å². The molecule has 3 heteroatoms. The summed E-state index contributed by atoms with van der Waals surface area (Å²) in [5.74, 6) is 0.929. The lowest BCUT2D eigenvalue weighted by atomic mass is 9.83. The summed E-state index contributed by atoms with van der Waals surface area (Å²) in [5, 5.41) is 3.27. The molecule has 0 bridgehead atoms. The first-order valence-corrected chi connectivity index (χ1v) is 7.36. The molecule has 0 spiro atoms. The normalized spacial score (nSPS) is 17.0. The molecule has 19 heavy (non-hydrogen) atoms. The first kappa shape index (κ1) is 14.3. The zero-order chi connectivity index (χ0) is 13.7.